The van der Waals surface area contributed by atoms with Crippen molar-refractivity contribution >= 4 is 60.5 Å². The highest BCUT2D eigenvalue weighted by atomic mass is 79.9. The summed E-state index contributed by atoms with van der Waals surface area (Å²) in [5.41, 5.74) is 12.5. The van der Waals surface area contributed by atoms with Crippen molar-refractivity contribution in [1.82, 2.24) is 25.6 Å². The molecule has 0 saturated carbocycles. The molecule has 11 aromatic rings. The maximum Gasteiger partial charge on any atom is 0.248 e. The van der Waals surface area contributed by atoms with E-state index in [-0.39, 0.29) is 11.1 Å². The molecular weight excluding hydrogens is 1160 g/mol. The summed E-state index contributed by atoms with van der Waals surface area (Å²) in [6, 6.07) is 65.9. The third kappa shape index (κ3) is 16.5. The minimum atomic E-state index is -0.760. The highest BCUT2D eigenvalue weighted by molar-refractivity contribution is 9.10. The molecule has 0 saturated heterocycles. The van der Waals surface area contributed by atoms with E-state index in [4.69, 9.17) is 18.9 Å². The molecule has 11 rings (SSSR count). The molecule has 8 aromatic carbocycles. The Labute approximate surface area is 513 Å². The summed E-state index contributed by atoms with van der Waals surface area (Å²) in [5, 5.41) is 37.2. The first-order valence-corrected chi connectivity index (χ1v) is 29.4. The van der Waals surface area contributed by atoms with E-state index in [1.807, 2.05) is 121 Å². The summed E-state index contributed by atoms with van der Waals surface area (Å²) < 4.78 is 23.8. The maximum atomic E-state index is 12.1. The summed E-state index contributed by atoms with van der Waals surface area (Å²) in [5.74, 6) is 2.72. The number of aromatic nitrogens is 3. The molecule has 87 heavy (non-hydrogen) atoms. The van der Waals surface area contributed by atoms with Gasteiger partial charge < -0.3 is 60.4 Å². The Balaban J connectivity index is 0.000000194. The van der Waals surface area contributed by atoms with Gasteiger partial charge in [-0.2, -0.15) is 0 Å². The van der Waals surface area contributed by atoms with Crippen LogP contribution in [0.4, 0.5) is 22.7 Å². The third-order valence-corrected chi connectivity index (χ3v) is 15.3. The third-order valence-electron chi connectivity index (χ3n) is 14.6. The molecule has 3 aromatic heterocycles. The number of H-pyrrole nitrogens is 2. The molecule has 16 heteroatoms. The maximum absolute atomic E-state index is 12.1. The highest BCUT2D eigenvalue weighted by Gasteiger charge is 2.18. The number of aromatic amines is 2. The zero-order chi connectivity index (χ0) is 60.3. The van der Waals surface area contributed by atoms with Gasteiger partial charge in [0, 0.05) is 82.3 Å². The average molecular weight is 1230 g/mol. The van der Waals surface area contributed by atoms with Crippen LogP contribution >= 0.6 is 15.9 Å². The summed E-state index contributed by atoms with van der Waals surface area (Å²) >= 11 is 3.51. The van der Waals surface area contributed by atoms with Crippen molar-refractivity contribution in [3.63, 3.8) is 0 Å². The minimum absolute atomic E-state index is 0.218. The number of rotatable bonds is 25. The molecule has 0 radical (unpaired) electrons. The predicted octanol–water partition coefficient (Wildman–Crippen LogP) is 13.3. The van der Waals surface area contributed by atoms with Gasteiger partial charge in [-0.05, 0) is 166 Å². The fraction of sp³-hybridized carbons (Fsp3) is 0.169. The van der Waals surface area contributed by atoms with Crippen molar-refractivity contribution in [2.24, 2.45) is 0 Å². The molecule has 0 aliphatic heterocycles. The molecule has 0 spiro atoms. The number of nitrogens with zero attached hydrogens (tertiary/aromatic N) is 1. The zero-order valence-electron chi connectivity index (χ0n) is 48.3. The second-order valence-corrected chi connectivity index (χ2v) is 21.5. The topological polar surface area (TPSA) is 204 Å². The Morgan fingerprint density at radius 1 is 0.483 bits per heavy atom. The predicted molar refractivity (Wildman–Crippen MR) is 350 cm³/mol. The van der Waals surface area contributed by atoms with E-state index in [0.717, 1.165) is 95.7 Å². The van der Waals surface area contributed by atoms with Gasteiger partial charge in [-0.25, -0.2) is 0 Å². The van der Waals surface area contributed by atoms with Crippen LogP contribution in [0.1, 0.15) is 45.6 Å². The molecule has 3 heterocycles. The van der Waals surface area contributed by atoms with Gasteiger partial charge in [0.2, 0.25) is 11.1 Å². The van der Waals surface area contributed by atoms with Crippen LogP contribution in [0.3, 0.4) is 0 Å². The lowest BCUT2D eigenvalue weighted by atomic mass is 10.0. The fourth-order valence-electron chi connectivity index (χ4n) is 10.1. The molecule has 0 aliphatic rings. The van der Waals surface area contributed by atoms with Crippen molar-refractivity contribution < 1.29 is 29.2 Å². The number of hydrogen-bond acceptors (Lipinski definition) is 13. The Hall–Kier alpha value is -9.55. The molecule has 0 unspecified atom stereocenters. The normalized spacial score (nSPS) is 11.7. The number of fused-ring (bicyclic) bond motifs is 2. The quantitative estimate of drug-likeness (QED) is 0.0251. The number of aliphatic hydroxyl groups is 2. The SMILES string of the molecule is COc1ccc(Nc2ccc(CCNC[C@H](O)c3ccc(OCc4ccccc4)c4[nH]c(=O)ccc34)cc2)cc1-c1cccnc1.COc1ccc(Nc2ccc(CCNC[C@H](O)c3ccc(OCc4ccccc4)c4[nH]c(=O)ccc34)cc2)cc1Br. The molecule has 0 amide bonds. The van der Waals surface area contributed by atoms with Gasteiger partial charge in [0.05, 0.1) is 41.9 Å². The van der Waals surface area contributed by atoms with Gasteiger partial charge in [0.15, 0.2) is 0 Å². The van der Waals surface area contributed by atoms with E-state index in [1.54, 1.807) is 44.7 Å². The van der Waals surface area contributed by atoms with Crippen molar-refractivity contribution in [2.45, 2.75) is 38.3 Å². The number of benzene rings is 8. The zero-order valence-corrected chi connectivity index (χ0v) is 49.9. The van der Waals surface area contributed by atoms with Crippen LogP contribution in [0.25, 0.3) is 32.9 Å². The Bertz CT molecular complexity index is 4140. The fourth-order valence-corrected chi connectivity index (χ4v) is 10.6. The van der Waals surface area contributed by atoms with Gasteiger partial charge in [-0.15, -0.1) is 0 Å². The first-order chi connectivity index (χ1) is 42.6. The van der Waals surface area contributed by atoms with Crippen LogP contribution in [0, 0.1) is 0 Å². The van der Waals surface area contributed by atoms with Gasteiger partial charge in [-0.1, -0.05) is 103 Å². The lowest BCUT2D eigenvalue weighted by molar-refractivity contribution is 0.176. The number of ether oxygens (including phenoxy) is 4. The number of nitrogens with one attached hydrogen (secondary N) is 6. The van der Waals surface area contributed by atoms with Crippen LogP contribution in [0.2, 0.25) is 0 Å². The molecule has 2 atom stereocenters. The summed E-state index contributed by atoms with van der Waals surface area (Å²) in [6.07, 6.45) is 3.70. The first kappa shape index (κ1) is 60.6. The standard InChI is InChI=1S/C38H36N4O4.C33H32BrN3O4/c1-45-35-16-13-30(22-33(35)28-8-5-20-39-23-28)41-29-11-9-26(10-12-29)19-21-40-24-34(43)31-14-17-36(38-32(31)15-18-37(44)42-38)46-25-27-6-3-2-4-7-27;1-40-30-14-11-25(19-28(30)34)36-24-9-7-22(8-10-24)17-18-35-20-29(38)26-12-15-31(33-27(26)13-16-32(39)37-33)41-21-23-5-3-2-4-6-23/h2-18,20,22-23,34,40-41,43H,19,21,24-25H2,1H3,(H,42,44);2-16,19,29,35-36,38H,17-18,20-21H2,1H3,(H,37,39)/t34-;29-/m00/s1. The molecule has 0 fully saturated rings. The molecule has 442 valence electrons. The smallest absolute Gasteiger partial charge is 0.248 e. The van der Waals surface area contributed by atoms with Crippen LogP contribution in [0.5, 0.6) is 23.0 Å². The number of halogens is 1. The molecule has 15 nitrogen and oxygen atoms in total. The van der Waals surface area contributed by atoms with Gasteiger partial charge in [-0.3, -0.25) is 14.6 Å². The van der Waals surface area contributed by atoms with E-state index in [1.165, 1.54) is 23.3 Å². The van der Waals surface area contributed by atoms with Crippen molar-refractivity contribution in [3.05, 3.63) is 277 Å². The highest BCUT2D eigenvalue weighted by Crippen LogP contribution is 2.35. The monoisotopic (exact) mass is 1230 g/mol. The first-order valence-electron chi connectivity index (χ1n) is 28.6. The van der Waals surface area contributed by atoms with Crippen molar-refractivity contribution in [2.75, 3.05) is 51.0 Å². The second-order valence-electron chi connectivity index (χ2n) is 20.7. The van der Waals surface area contributed by atoms with Crippen LogP contribution in [-0.2, 0) is 26.1 Å². The largest absolute Gasteiger partial charge is 0.496 e. The van der Waals surface area contributed by atoms with E-state index in [9.17, 15) is 19.8 Å². The molecule has 0 aliphatic carbocycles. The number of pyridine rings is 3. The number of hydrogen-bond donors (Lipinski definition) is 8. The molecular formula is C71H68BrN7O8. The second kappa shape index (κ2) is 30.0. The van der Waals surface area contributed by atoms with E-state index in [0.29, 0.717) is 61.9 Å². The van der Waals surface area contributed by atoms with E-state index >= 15 is 0 Å². The lowest BCUT2D eigenvalue weighted by Crippen LogP contribution is -2.24. The van der Waals surface area contributed by atoms with Gasteiger partial charge in [0.1, 0.15) is 36.2 Å². The molecule has 8 N–H and O–H groups in total. The van der Waals surface area contributed by atoms with Gasteiger partial charge >= 0.3 is 0 Å². The molecule has 0 bridgehead atoms. The van der Waals surface area contributed by atoms with E-state index < -0.39 is 12.2 Å². The van der Waals surface area contributed by atoms with Crippen LogP contribution in [-0.4, -0.2) is 65.6 Å². The minimum Gasteiger partial charge on any atom is -0.496 e. The average Bonchev–Trinajstić information content (AvgIpc) is 2.50. The number of methoxy groups -OCH3 is 2. The summed E-state index contributed by atoms with van der Waals surface area (Å²) in [7, 11) is 3.32. The summed E-state index contributed by atoms with van der Waals surface area (Å²) in [4.78, 5) is 34.2. The Kier molecular flexibility index (Phi) is 20.9. The Morgan fingerprint density at radius 2 is 0.943 bits per heavy atom. The lowest BCUT2D eigenvalue weighted by Gasteiger charge is -2.17. The Morgan fingerprint density at radius 3 is 1.40 bits per heavy atom. The summed E-state index contributed by atoms with van der Waals surface area (Å²) in [6.45, 7) is 2.92. The van der Waals surface area contributed by atoms with Crippen LogP contribution < -0.4 is 51.3 Å². The number of anilines is 4. The van der Waals surface area contributed by atoms with Gasteiger partial charge in [0.25, 0.3) is 0 Å². The van der Waals surface area contributed by atoms with Crippen LogP contribution in [0.15, 0.2) is 233 Å². The van der Waals surface area contributed by atoms with Crippen molar-refractivity contribution in [3.8, 4) is 34.1 Å². The van der Waals surface area contributed by atoms with E-state index in [2.05, 4.69) is 107 Å². The van der Waals surface area contributed by atoms with Crippen molar-refractivity contribution in [1.29, 1.82) is 0 Å². The number of aliphatic hydroxyl groups excluding tert-OH is 2.